The minimum atomic E-state index is 0.0331. The van der Waals surface area contributed by atoms with E-state index in [-0.39, 0.29) is 5.91 Å². The lowest BCUT2D eigenvalue weighted by molar-refractivity contribution is -0.117. The average molecular weight is 401 g/mol. The van der Waals surface area contributed by atoms with Crippen LogP contribution in [0.4, 0.5) is 11.5 Å². The van der Waals surface area contributed by atoms with E-state index in [2.05, 4.69) is 22.4 Å². The van der Waals surface area contributed by atoms with Gasteiger partial charge in [0, 0.05) is 24.1 Å². The van der Waals surface area contributed by atoms with Crippen molar-refractivity contribution < 1.29 is 4.79 Å². The first-order valence-electron chi connectivity index (χ1n) is 10.7. The molecule has 1 aromatic heterocycles. The average Bonchev–Trinajstić information content (AvgIpc) is 2.77. The Balaban J connectivity index is 1.57. The molecule has 30 heavy (non-hydrogen) atoms. The van der Waals surface area contributed by atoms with Crippen LogP contribution in [0.5, 0.6) is 0 Å². The number of nitrogens with zero attached hydrogens (tertiary/aromatic N) is 2. The molecule has 0 unspecified atom stereocenters. The minimum absolute atomic E-state index is 0.0331. The van der Waals surface area contributed by atoms with Crippen LogP contribution >= 0.6 is 0 Å². The molecule has 1 aliphatic carbocycles. The lowest BCUT2D eigenvalue weighted by Gasteiger charge is -2.21. The highest BCUT2D eigenvalue weighted by atomic mass is 16.1. The first kappa shape index (κ1) is 20.1. The van der Waals surface area contributed by atoms with Crippen molar-refractivity contribution in [2.45, 2.75) is 44.9 Å². The van der Waals surface area contributed by atoms with Crippen LogP contribution in [-0.4, -0.2) is 15.9 Å². The summed E-state index contributed by atoms with van der Waals surface area (Å²) in [7, 11) is 0. The Labute approximate surface area is 177 Å². The summed E-state index contributed by atoms with van der Waals surface area (Å²) in [4.78, 5) is 22.1. The van der Waals surface area contributed by atoms with E-state index in [4.69, 9.17) is 10.7 Å². The number of carbonyl (C=O) groups excluding carboxylic acids is 1. The number of hydrogen-bond donors (Lipinski definition) is 2. The third-order valence-corrected chi connectivity index (χ3v) is 5.72. The van der Waals surface area contributed by atoms with Gasteiger partial charge in [-0.1, -0.05) is 61.7 Å². The van der Waals surface area contributed by atoms with E-state index in [9.17, 15) is 4.79 Å². The summed E-state index contributed by atoms with van der Waals surface area (Å²) in [5.74, 6) is 1.07. The number of anilines is 2. The second-order valence-electron chi connectivity index (χ2n) is 8.09. The second kappa shape index (κ2) is 9.53. The summed E-state index contributed by atoms with van der Waals surface area (Å²) in [5, 5.41) is 3.03. The summed E-state index contributed by atoms with van der Waals surface area (Å²) in [6.45, 7) is 0. The highest BCUT2D eigenvalue weighted by Crippen LogP contribution is 2.27. The number of nitrogens with two attached hydrogens (primary N) is 1. The number of nitrogen functional groups attached to an aromatic ring is 1. The number of hydrogen-bond acceptors (Lipinski definition) is 4. The molecule has 1 amide bonds. The SMILES string of the molecule is Nc1ccc(-c2cnc(NC(=O)CC3CCCCC3)c(Cc3ccccc3)n2)cc1. The van der Waals surface area contributed by atoms with Gasteiger partial charge < -0.3 is 11.1 Å². The van der Waals surface area contributed by atoms with Crippen molar-refractivity contribution in [2.24, 2.45) is 5.92 Å². The van der Waals surface area contributed by atoms with Gasteiger partial charge in [-0.25, -0.2) is 9.97 Å². The van der Waals surface area contributed by atoms with E-state index < -0.39 is 0 Å². The van der Waals surface area contributed by atoms with Crippen molar-refractivity contribution in [1.29, 1.82) is 0 Å². The number of benzene rings is 2. The Kier molecular flexibility index (Phi) is 6.38. The van der Waals surface area contributed by atoms with Crippen LogP contribution in [0.15, 0.2) is 60.8 Å². The zero-order valence-electron chi connectivity index (χ0n) is 17.2. The predicted octanol–water partition coefficient (Wildman–Crippen LogP) is 5.23. The standard InChI is InChI=1S/C25H28N4O/c26-21-13-11-20(12-14-21)23-17-27-25(22(28-23)15-18-7-3-1-4-8-18)29-24(30)16-19-9-5-2-6-10-19/h1,3-4,7-8,11-14,17,19H,2,5-6,9-10,15-16,26H2,(H,27,29,30). The third-order valence-electron chi connectivity index (χ3n) is 5.72. The van der Waals surface area contributed by atoms with Gasteiger partial charge in [-0.15, -0.1) is 0 Å². The number of carbonyl (C=O) groups is 1. The molecule has 2 aromatic carbocycles. The van der Waals surface area contributed by atoms with Gasteiger partial charge in [-0.05, 0) is 36.5 Å². The Hall–Kier alpha value is -3.21. The van der Waals surface area contributed by atoms with Crippen LogP contribution in [0.25, 0.3) is 11.3 Å². The highest BCUT2D eigenvalue weighted by Gasteiger charge is 2.19. The van der Waals surface area contributed by atoms with Gasteiger partial charge >= 0.3 is 0 Å². The van der Waals surface area contributed by atoms with E-state index in [0.29, 0.717) is 30.3 Å². The number of amides is 1. The van der Waals surface area contributed by atoms with Crippen molar-refractivity contribution in [3.05, 3.63) is 72.1 Å². The molecule has 154 valence electrons. The zero-order chi connectivity index (χ0) is 20.8. The Bertz CT molecular complexity index is 980. The molecular weight excluding hydrogens is 372 g/mol. The Morgan fingerprint density at radius 1 is 1.00 bits per heavy atom. The molecule has 0 saturated heterocycles. The van der Waals surface area contributed by atoms with Crippen molar-refractivity contribution in [2.75, 3.05) is 11.1 Å². The summed E-state index contributed by atoms with van der Waals surface area (Å²) < 4.78 is 0. The van der Waals surface area contributed by atoms with Crippen molar-refractivity contribution in [3.8, 4) is 11.3 Å². The Morgan fingerprint density at radius 2 is 1.73 bits per heavy atom. The van der Waals surface area contributed by atoms with Crippen molar-refractivity contribution >= 4 is 17.4 Å². The third kappa shape index (κ3) is 5.23. The molecule has 3 N–H and O–H groups in total. The largest absolute Gasteiger partial charge is 0.399 e. The van der Waals surface area contributed by atoms with E-state index in [1.165, 1.54) is 19.3 Å². The summed E-state index contributed by atoms with van der Waals surface area (Å²) in [6, 6.07) is 17.7. The molecule has 0 spiro atoms. The van der Waals surface area contributed by atoms with Crippen LogP contribution < -0.4 is 11.1 Å². The smallest absolute Gasteiger partial charge is 0.225 e. The molecule has 1 fully saturated rings. The summed E-state index contributed by atoms with van der Waals surface area (Å²) in [5.41, 5.74) is 10.1. The number of nitrogens with one attached hydrogen (secondary N) is 1. The van der Waals surface area contributed by atoms with Gasteiger partial charge in [-0.3, -0.25) is 4.79 Å². The van der Waals surface area contributed by atoms with Gasteiger partial charge in [0.1, 0.15) is 0 Å². The molecule has 1 heterocycles. The fourth-order valence-electron chi connectivity index (χ4n) is 4.07. The molecule has 4 rings (SSSR count). The molecule has 5 nitrogen and oxygen atoms in total. The predicted molar refractivity (Wildman–Crippen MR) is 121 cm³/mol. The number of aromatic nitrogens is 2. The number of rotatable bonds is 6. The fourth-order valence-corrected chi connectivity index (χ4v) is 4.07. The lowest BCUT2D eigenvalue weighted by Crippen LogP contribution is -2.20. The zero-order valence-corrected chi connectivity index (χ0v) is 17.2. The molecule has 1 aliphatic rings. The van der Waals surface area contributed by atoms with E-state index >= 15 is 0 Å². The maximum absolute atomic E-state index is 12.7. The molecule has 0 aliphatic heterocycles. The maximum atomic E-state index is 12.7. The maximum Gasteiger partial charge on any atom is 0.225 e. The lowest BCUT2D eigenvalue weighted by atomic mass is 9.87. The molecule has 0 atom stereocenters. The first-order chi connectivity index (χ1) is 14.7. The normalized spacial score (nSPS) is 14.4. The van der Waals surface area contributed by atoms with Gasteiger partial charge in [0.25, 0.3) is 0 Å². The molecule has 5 heteroatoms. The highest BCUT2D eigenvalue weighted by molar-refractivity contribution is 5.90. The molecule has 0 bridgehead atoms. The fraction of sp³-hybridized carbons (Fsp3) is 0.320. The van der Waals surface area contributed by atoms with E-state index in [1.54, 1.807) is 6.20 Å². The summed E-state index contributed by atoms with van der Waals surface area (Å²) >= 11 is 0. The minimum Gasteiger partial charge on any atom is -0.399 e. The topological polar surface area (TPSA) is 80.9 Å². The van der Waals surface area contributed by atoms with Crippen LogP contribution in [0.3, 0.4) is 0 Å². The quantitative estimate of drug-likeness (QED) is 0.556. The van der Waals surface area contributed by atoms with Gasteiger partial charge in [0.15, 0.2) is 5.82 Å². The van der Waals surface area contributed by atoms with Gasteiger partial charge in [0.05, 0.1) is 17.6 Å². The molecular formula is C25H28N4O. The summed E-state index contributed by atoms with van der Waals surface area (Å²) in [6.07, 6.45) is 8.92. The molecule has 3 aromatic rings. The van der Waals surface area contributed by atoms with E-state index in [0.717, 1.165) is 35.4 Å². The monoisotopic (exact) mass is 400 g/mol. The van der Waals surface area contributed by atoms with Crippen LogP contribution in [0.2, 0.25) is 0 Å². The van der Waals surface area contributed by atoms with E-state index in [1.807, 2.05) is 42.5 Å². The second-order valence-corrected chi connectivity index (χ2v) is 8.09. The van der Waals surface area contributed by atoms with Gasteiger partial charge in [-0.2, -0.15) is 0 Å². The molecule has 0 radical (unpaired) electrons. The van der Waals surface area contributed by atoms with Crippen molar-refractivity contribution in [3.63, 3.8) is 0 Å². The van der Waals surface area contributed by atoms with Gasteiger partial charge in [0.2, 0.25) is 5.91 Å². The van der Waals surface area contributed by atoms with Crippen LogP contribution in [0, 0.1) is 5.92 Å². The van der Waals surface area contributed by atoms with Crippen LogP contribution in [-0.2, 0) is 11.2 Å². The van der Waals surface area contributed by atoms with Crippen molar-refractivity contribution in [1.82, 2.24) is 9.97 Å². The first-order valence-corrected chi connectivity index (χ1v) is 10.7. The molecule has 1 saturated carbocycles. The Morgan fingerprint density at radius 3 is 2.47 bits per heavy atom. The van der Waals surface area contributed by atoms with Crippen LogP contribution in [0.1, 0.15) is 49.8 Å².